The number of carbonyl (C=O) groups excluding carboxylic acids is 2. The molecule has 0 aliphatic carbocycles. The maximum atomic E-state index is 11.7. The predicted octanol–water partition coefficient (Wildman–Crippen LogP) is 3.25. The molecule has 1 rings (SSSR count). The Labute approximate surface area is 115 Å². The number of ether oxygens (including phenoxy) is 2. The summed E-state index contributed by atoms with van der Waals surface area (Å²) in [6.07, 6.45) is -1.02. The van der Waals surface area contributed by atoms with E-state index in [4.69, 9.17) is 15.0 Å². The summed E-state index contributed by atoms with van der Waals surface area (Å²) in [5.74, 6) is -1.29. The number of carbonyl (C=O) groups is 2. The van der Waals surface area contributed by atoms with Crippen LogP contribution in [0.25, 0.3) is 10.4 Å². The van der Waals surface area contributed by atoms with Gasteiger partial charge in [0.2, 0.25) is 6.29 Å². The Morgan fingerprint density at radius 2 is 1.90 bits per heavy atom. The van der Waals surface area contributed by atoms with Crippen LogP contribution in [0.5, 0.6) is 0 Å². The van der Waals surface area contributed by atoms with Gasteiger partial charge < -0.3 is 9.47 Å². The van der Waals surface area contributed by atoms with E-state index in [-0.39, 0.29) is 11.1 Å². The van der Waals surface area contributed by atoms with E-state index in [2.05, 4.69) is 16.6 Å². The molecule has 7 heteroatoms. The van der Waals surface area contributed by atoms with Crippen LogP contribution in [0.1, 0.15) is 24.2 Å². The van der Waals surface area contributed by atoms with Crippen LogP contribution in [0.3, 0.4) is 0 Å². The fraction of sp³-hybridized carbons (Fsp3) is 0.231. The number of benzene rings is 1. The largest absolute Gasteiger partial charge is 0.422 e. The minimum Gasteiger partial charge on any atom is -0.422 e. The Morgan fingerprint density at radius 3 is 2.40 bits per heavy atom. The van der Waals surface area contributed by atoms with Crippen molar-refractivity contribution < 1.29 is 19.1 Å². The highest BCUT2D eigenvalue weighted by Gasteiger charge is 2.15. The molecule has 0 spiro atoms. The van der Waals surface area contributed by atoms with Crippen LogP contribution in [0.15, 0.2) is 41.5 Å². The van der Waals surface area contributed by atoms with Gasteiger partial charge in [0.1, 0.15) is 0 Å². The maximum absolute atomic E-state index is 11.7. The Balaban J connectivity index is 2.64. The number of hydrogen-bond donors (Lipinski definition) is 0. The quantitative estimate of drug-likeness (QED) is 0.205. The molecule has 0 N–H and O–H groups in total. The van der Waals surface area contributed by atoms with Gasteiger partial charge in [-0.15, -0.1) is 0 Å². The molecule has 0 aliphatic heterocycles. The molecule has 1 unspecified atom stereocenters. The van der Waals surface area contributed by atoms with E-state index in [1.54, 1.807) is 0 Å². The van der Waals surface area contributed by atoms with Crippen molar-refractivity contribution in [1.82, 2.24) is 0 Å². The maximum Gasteiger partial charge on any atom is 0.341 e. The van der Waals surface area contributed by atoms with Crippen LogP contribution < -0.4 is 0 Å². The second-order valence-corrected chi connectivity index (χ2v) is 3.89. The summed E-state index contributed by atoms with van der Waals surface area (Å²) >= 11 is 0. The van der Waals surface area contributed by atoms with Crippen molar-refractivity contribution in [2.24, 2.45) is 5.11 Å². The van der Waals surface area contributed by atoms with Crippen molar-refractivity contribution in [3.63, 3.8) is 0 Å². The molecular formula is C13H13N3O4. The van der Waals surface area contributed by atoms with Gasteiger partial charge in [-0.05, 0) is 24.6 Å². The third-order valence-electron chi connectivity index (χ3n) is 2.16. The third kappa shape index (κ3) is 4.47. The lowest BCUT2D eigenvalue weighted by Crippen LogP contribution is -2.22. The number of esters is 2. The summed E-state index contributed by atoms with van der Waals surface area (Å²) < 4.78 is 9.75. The zero-order chi connectivity index (χ0) is 15.1. The SMILES string of the molecule is C=C(C)C(=O)OC(C)OC(=O)c1ccc(N=[N+]=[N-])cc1. The normalized spacial score (nSPS) is 10.9. The molecule has 0 bridgehead atoms. The van der Waals surface area contributed by atoms with Crippen LogP contribution in [0, 0.1) is 0 Å². The summed E-state index contributed by atoms with van der Waals surface area (Å²) in [6, 6.07) is 5.83. The Bertz CT molecular complexity index is 574. The number of rotatable bonds is 5. The first-order valence-electron chi connectivity index (χ1n) is 5.66. The molecule has 0 saturated carbocycles. The molecule has 7 nitrogen and oxygen atoms in total. The summed E-state index contributed by atoms with van der Waals surface area (Å²) in [7, 11) is 0. The van der Waals surface area contributed by atoms with E-state index in [1.807, 2.05) is 0 Å². The molecule has 20 heavy (non-hydrogen) atoms. The number of azide groups is 1. The molecule has 1 atom stereocenters. The monoisotopic (exact) mass is 275 g/mol. The topological polar surface area (TPSA) is 101 Å². The van der Waals surface area contributed by atoms with Crippen LogP contribution in [0.2, 0.25) is 0 Å². The molecule has 1 aromatic rings. The summed E-state index contributed by atoms with van der Waals surface area (Å²) in [6.45, 7) is 6.33. The smallest absolute Gasteiger partial charge is 0.341 e. The third-order valence-corrected chi connectivity index (χ3v) is 2.16. The number of nitrogens with zero attached hydrogens (tertiary/aromatic N) is 3. The lowest BCUT2D eigenvalue weighted by molar-refractivity contribution is -0.160. The lowest BCUT2D eigenvalue weighted by Gasteiger charge is -2.14. The van der Waals surface area contributed by atoms with Crippen LogP contribution in [-0.2, 0) is 14.3 Å². The molecule has 0 fully saturated rings. The van der Waals surface area contributed by atoms with Crippen molar-refractivity contribution >= 4 is 17.6 Å². The molecular weight excluding hydrogens is 262 g/mol. The van der Waals surface area contributed by atoms with E-state index >= 15 is 0 Å². The van der Waals surface area contributed by atoms with E-state index < -0.39 is 18.2 Å². The van der Waals surface area contributed by atoms with E-state index in [0.717, 1.165) is 0 Å². The van der Waals surface area contributed by atoms with Crippen molar-refractivity contribution in [2.75, 3.05) is 0 Å². The zero-order valence-electron chi connectivity index (χ0n) is 11.1. The zero-order valence-corrected chi connectivity index (χ0v) is 11.1. The van der Waals surface area contributed by atoms with Crippen molar-refractivity contribution in [1.29, 1.82) is 0 Å². The minimum absolute atomic E-state index is 0.214. The van der Waals surface area contributed by atoms with Crippen molar-refractivity contribution in [3.05, 3.63) is 52.4 Å². The highest BCUT2D eigenvalue weighted by molar-refractivity contribution is 5.90. The second-order valence-electron chi connectivity index (χ2n) is 3.89. The Morgan fingerprint density at radius 1 is 1.30 bits per heavy atom. The van der Waals surface area contributed by atoms with Gasteiger partial charge in [-0.2, -0.15) is 0 Å². The lowest BCUT2D eigenvalue weighted by atomic mass is 10.2. The first kappa shape index (κ1) is 15.3. The second kappa shape index (κ2) is 6.96. The van der Waals surface area contributed by atoms with Crippen LogP contribution >= 0.6 is 0 Å². The highest BCUT2D eigenvalue weighted by Crippen LogP contribution is 2.14. The molecule has 0 aliphatic rings. The summed E-state index contributed by atoms with van der Waals surface area (Å²) in [4.78, 5) is 25.6. The fourth-order valence-corrected chi connectivity index (χ4v) is 1.21. The van der Waals surface area contributed by atoms with Gasteiger partial charge in [0, 0.05) is 23.1 Å². The molecule has 0 radical (unpaired) electrons. The predicted molar refractivity (Wildman–Crippen MR) is 71.0 cm³/mol. The van der Waals surface area contributed by atoms with E-state index in [0.29, 0.717) is 5.69 Å². The van der Waals surface area contributed by atoms with Crippen LogP contribution in [-0.4, -0.2) is 18.2 Å². The van der Waals surface area contributed by atoms with Gasteiger partial charge in [0.25, 0.3) is 0 Å². The van der Waals surface area contributed by atoms with Crippen molar-refractivity contribution in [3.8, 4) is 0 Å². The first-order chi connectivity index (χ1) is 9.43. The van der Waals surface area contributed by atoms with E-state index in [1.165, 1.54) is 38.1 Å². The summed E-state index contributed by atoms with van der Waals surface area (Å²) in [5, 5.41) is 3.38. The van der Waals surface area contributed by atoms with Gasteiger partial charge >= 0.3 is 11.9 Å². The molecule has 0 saturated heterocycles. The van der Waals surface area contributed by atoms with Crippen LogP contribution in [0.4, 0.5) is 5.69 Å². The number of hydrogen-bond acceptors (Lipinski definition) is 5. The Hall–Kier alpha value is -2.79. The molecule has 0 amide bonds. The molecule has 1 aromatic carbocycles. The van der Waals surface area contributed by atoms with Gasteiger partial charge in [0.05, 0.1) is 5.56 Å². The average Bonchev–Trinajstić information content (AvgIpc) is 2.39. The van der Waals surface area contributed by atoms with Gasteiger partial charge in [-0.3, -0.25) is 0 Å². The van der Waals surface area contributed by atoms with Gasteiger partial charge in [-0.25, -0.2) is 9.59 Å². The first-order valence-corrected chi connectivity index (χ1v) is 5.66. The summed E-state index contributed by atoms with van der Waals surface area (Å²) in [5.41, 5.74) is 9.10. The minimum atomic E-state index is -1.02. The van der Waals surface area contributed by atoms with Gasteiger partial charge in [0.15, 0.2) is 0 Å². The van der Waals surface area contributed by atoms with E-state index in [9.17, 15) is 9.59 Å². The standard InChI is InChI=1S/C13H13N3O4/c1-8(2)12(17)19-9(3)20-13(18)10-4-6-11(7-5-10)15-16-14/h4-7,9H,1H2,2-3H3. The fourth-order valence-electron chi connectivity index (χ4n) is 1.21. The average molecular weight is 275 g/mol. The molecule has 104 valence electrons. The molecule has 0 heterocycles. The Kier molecular flexibility index (Phi) is 5.31. The van der Waals surface area contributed by atoms with Crippen molar-refractivity contribution in [2.45, 2.75) is 20.1 Å². The highest BCUT2D eigenvalue weighted by atomic mass is 16.7. The van der Waals surface area contributed by atoms with Gasteiger partial charge in [-0.1, -0.05) is 23.8 Å². The molecule has 0 aromatic heterocycles.